The first-order valence-corrected chi connectivity index (χ1v) is 6.86. The van der Waals surface area contributed by atoms with Crippen molar-refractivity contribution in [2.45, 2.75) is 38.7 Å². The molecule has 4 nitrogen and oxygen atoms in total. The van der Waals surface area contributed by atoms with Gasteiger partial charge in [-0.05, 0) is 41.9 Å². The lowest BCUT2D eigenvalue weighted by Gasteiger charge is -2.31. The summed E-state index contributed by atoms with van der Waals surface area (Å²) in [6.07, 6.45) is 1.91. The van der Waals surface area contributed by atoms with Crippen molar-refractivity contribution in [1.82, 2.24) is 4.90 Å². The first-order valence-electron chi connectivity index (χ1n) is 6.86. The number of carbonyl (C=O) groups is 1. The second kappa shape index (κ2) is 6.06. The zero-order chi connectivity index (χ0) is 13.8. The van der Waals surface area contributed by atoms with Gasteiger partial charge in [-0.25, -0.2) is 4.79 Å². The van der Waals surface area contributed by atoms with Crippen molar-refractivity contribution in [2.24, 2.45) is 0 Å². The topological polar surface area (TPSA) is 60.8 Å². The average molecular weight is 263 g/mol. The van der Waals surface area contributed by atoms with Gasteiger partial charge >= 0.3 is 6.09 Å². The van der Waals surface area contributed by atoms with Crippen LogP contribution in [0, 0.1) is 0 Å². The predicted octanol–water partition coefficient (Wildman–Crippen LogP) is 2.60. The number of aliphatic hydroxyl groups is 1. The van der Waals surface area contributed by atoms with Crippen LogP contribution in [0.3, 0.4) is 0 Å². The molecular weight excluding hydrogens is 242 g/mol. The van der Waals surface area contributed by atoms with Gasteiger partial charge in [-0.3, -0.25) is 0 Å². The quantitative estimate of drug-likeness (QED) is 0.881. The number of piperidine rings is 1. The smallest absolute Gasteiger partial charge is 0.407 e. The van der Waals surface area contributed by atoms with E-state index >= 15 is 0 Å². The first-order chi connectivity index (χ1) is 9.15. The third kappa shape index (κ3) is 3.07. The molecule has 0 radical (unpaired) electrons. The summed E-state index contributed by atoms with van der Waals surface area (Å²) in [5, 5.41) is 18.1. The Morgan fingerprint density at radius 2 is 2.05 bits per heavy atom. The molecule has 0 atom stereocenters. The van der Waals surface area contributed by atoms with Gasteiger partial charge in [0.15, 0.2) is 0 Å². The normalized spacial score (nSPS) is 16.6. The highest BCUT2D eigenvalue weighted by Crippen LogP contribution is 2.31. The highest BCUT2D eigenvalue weighted by molar-refractivity contribution is 5.65. The molecule has 0 spiro atoms. The summed E-state index contributed by atoms with van der Waals surface area (Å²) in [6, 6.07) is 6.14. The van der Waals surface area contributed by atoms with Crippen molar-refractivity contribution in [3.05, 3.63) is 34.9 Å². The molecule has 1 aromatic carbocycles. The Bertz CT molecular complexity index is 451. The van der Waals surface area contributed by atoms with Crippen LogP contribution < -0.4 is 0 Å². The Hall–Kier alpha value is -1.55. The molecule has 4 heteroatoms. The van der Waals surface area contributed by atoms with E-state index in [1.165, 1.54) is 16.0 Å². The number of amides is 1. The lowest BCUT2D eigenvalue weighted by Crippen LogP contribution is -2.36. The van der Waals surface area contributed by atoms with Gasteiger partial charge < -0.3 is 15.1 Å². The van der Waals surface area contributed by atoms with Crippen LogP contribution in [-0.2, 0) is 13.0 Å². The molecule has 1 amide bonds. The molecule has 1 saturated heterocycles. The summed E-state index contributed by atoms with van der Waals surface area (Å²) in [5.41, 5.74) is 3.55. The van der Waals surface area contributed by atoms with E-state index in [2.05, 4.69) is 19.1 Å². The van der Waals surface area contributed by atoms with Gasteiger partial charge in [-0.15, -0.1) is 0 Å². The molecular formula is C15H21NO3. The number of benzene rings is 1. The molecule has 104 valence electrons. The van der Waals surface area contributed by atoms with Crippen LogP contribution in [0.4, 0.5) is 4.79 Å². The van der Waals surface area contributed by atoms with Crippen LogP contribution in [0.1, 0.15) is 42.4 Å². The molecule has 1 fully saturated rings. The Kier molecular flexibility index (Phi) is 4.43. The Morgan fingerprint density at radius 3 is 2.58 bits per heavy atom. The van der Waals surface area contributed by atoms with Gasteiger partial charge in [0.25, 0.3) is 0 Å². The van der Waals surface area contributed by atoms with Gasteiger partial charge in [0.1, 0.15) is 0 Å². The van der Waals surface area contributed by atoms with E-state index in [0.717, 1.165) is 24.8 Å². The fourth-order valence-electron chi connectivity index (χ4n) is 2.84. The van der Waals surface area contributed by atoms with Crippen molar-refractivity contribution in [1.29, 1.82) is 0 Å². The summed E-state index contributed by atoms with van der Waals surface area (Å²) in [4.78, 5) is 12.4. The zero-order valence-electron chi connectivity index (χ0n) is 11.3. The maximum absolute atomic E-state index is 10.9. The summed E-state index contributed by atoms with van der Waals surface area (Å²) in [7, 11) is 0. The Labute approximate surface area is 113 Å². The number of hydrogen-bond acceptors (Lipinski definition) is 2. The minimum atomic E-state index is -0.815. The largest absolute Gasteiger partial charge is 0.465 e. The molecule has 0 aromatic heterocycles. The van der Waals surface area contributed by atoms with E-state index in [1.807, 2.05) is 6.07 Å². The van der Waals surface area contributed by atoms with Crippen molar-refractivity contribution < 1.29 is 15.0 Å². The van der Waals surface area contributed by atoms with Gasteiger partial charge in [-0.1, -0.05) is 25.1 Å². The van der Waals surface area contributed by atoms with E-state index < -0.39 is 6.09 Å². The Balaban J connectivity index is 2.12. The summed E-state index contributed by atoms with van der Waals surface area (Å²) < 4.78 is 0. The summed E-state index contributed by atoms with van der Waals surface area (Å²) in [5.74, 6) is 0.443. The number of hydrogen-bond donors (Lipinski definition) is 2. The second-order valence-electron chi connectivity index (χ2n) is 5.09. The molecule has 0 unspecified atom stereocenters. The van der Waals surface area contributed by atoms with Crippen LogP contribution in [0.2, 0.25) is 0 Å². The minimum absolute atomic E-state index is 0.0741. The first kappa shape index (κ1) is 13.9. The van der Waals surface area contributed by atoms with Gasteiger partial charge in [0, 0.05) is 13.1 Å². The van der Waals surface area contributed by atoms with Crippen LogP contribution in [0.5, 0.6) is 0 Å². The molecule has 1 heterocycles. The molecule has 0 aliphatic carbocycles. The second-order valence-corrected chi connectivity index (χ2v) is 5.09. The van der Waals surface area contributed by atoms with Crippen LogP contribution in [-0.4, -0.2) is 34.3 Å². The number of likely N-dealkylation sites (tertiary alicyclic amines) is 1. The van der Waals surface area contributed by atoms with E-state index in [0.29, 0.717) is 19.0 Å². The molecule has 2 rings (SSSR count). The van der Waals surface area contributed by atoms with Crippen LogP contribution in [0.25, 0.3) is 0 Å². The number of nitrogens with zero attached hydrogens (tertiary/aromatic N) is 1. The van der Waals surface area contributed by atoms with Crippen LogP contribution >= 0.6 is 0 Å². The van der Waals surface area contributed by atoms with E-state index in [9.17, 15) is 9.90 Å². The summed E-state index contributed by atoms with van der Waals surface area (Å²) in [6.45, 7) is 3.42. The van der Waals surface area contributed by atoms with Crippen molar-refractivity contribution in [2.75, 3.05) is 13.1 Å². The maximum atomic E-state index is 10.9. The lowest BCUT2D eigenvalue weighted by molar-refractivity contribution is 0.132. The molecule has 1 aliphatic rings. The lowest BCUT2D eigenvalue weighted by atomic mass is 9.85. The Morgan fingerprint density at radius 1 is 1.37 bits per heavy atom. The molecule has 19 heavy (non-hydrogen) atoms. The number of rotatable bonds is 3. The number of aryl methyl sites for hydroxylation is 1. The molecule has 1 aromatic rings. The highest BCUT2D eigenvalue weighted by Gasteiger charge is 2.24. The molecule has 0 bridgehead atoms. The fourth-order valence-corrected chi connectivity index (χ4v) is 2.84. The molecule has 2 N–H and O–H groups in total. The molecule has 1 aliphatic heterocycles. The van der Waals surface area contributed by atoms with Gasteiger partial charge in [0.05, 0.1) is 6.61 Å². The maximum Gasteiger partial charge on any atom is 0.407 e. The van der Waals surface area contributed by atoms with Crippen molar-refractivity contribution in [3.8, 4) is 0 Å². The van der Waals surface area contributed by atoms with Gasteiger partial charge in [0.2, 0.25) is 0 Å². The number of aliphatic hydroxyl groups excluding tert-OH is 1. The third-order valence-corrected chi connectivity index (χ3v) is 3.98. The highest BCUT2D eigenvalue weighted by atomic mass is 16.4. The predicted molar refractivity (Wildman–Crippen MR) is 73.3 cm³/mol. The third-order valence-electron chi connectivity index (χ3n) is 3.98. The van der Waals surface area contributed by atoms with E-state index in [-0.39, 0.29) is 6.61 Å². The van der Waals surface area contributed by atoms with E-state index in [1.54, 1.807) is 0 Å². The monoisotopic (exact) mass is 263 g/mol. The standard InChI is InChI=1S/C15H21NO3/c1-2-12-9-11(10-17)3-4-14(12)13-5-7-16(8-6-13)15(18)19/h3-4,9,13,17H,2,5-8,10H2,1H3,(H,18,19). The van der Waals surface area contributed by atoms with E-state index in [4.69, 9.17) is 5.11 Å². The molecule has 0 saturated carbocycles. The van der Waals surface area contributed by atoms with Gasteiger partial charge in [-0.2, -0.15) is 0 Å². The average Bonchev–Trinajstić information content (AvgIpc) is 2.46. The van der Waals surface area contributed by atoms with Crippen molar-refractivity contribution in [3.63, 3.8) is 0 Å². The van der Waals surface area contributed by atoms with Crippen molar-refractivity contribution >= 4 is 6.09 Å². The number of carboxylic acid groups (broad SMARTS) is 1. The minimum Gasteiger partial charge on any atom is -0.465 e. The SMILES string of the molecule is CCc1cc(CO)ccc1C1CCN(C(=O)O)CC1. The fraction of sp³-hybridized carbons (Fsp3) is 0.533. The zero-order valence-corrected chi connectivity index (χ0v) is 11.3. The summed E-state index contributed by atoms with van der Waals surface area (Å²) >= 11 is 0. The van der Waals surface area contributed by atoms with Crippen LogP contribution in [0.15, 0.2) is 18.2 Å².